The molecule has 0 bridgehead atoms. The summed E-state index contributed by atoms with van der Waals surface area (Å²) in [4.78, 5) is 18.8. The Hall–Kier alpha value is -3.59. The van der Waals surface area contributed by atoms with Crippen molar-refractivity contribution in [2.24, 2.45) is 0 Å². The third-order valence-corrected chi connectivity index (χ3v) is 4.82. The molecule has 160 valence electrons. The molecule has 0 atom stereocenters. The van der Waals surface area contributed by atoms with Gasteiger partial charge in [-0.15, -0.1) is 10.2 Å². The molecule has 0 amide bonds. The molecule has 0 saturated carbocycles. The second-order valence-electron chi connectivity index (χ2n) is 7.14. The number of Topliss-reactive ketones (excluding diaryl/α,β-unsaturated/α-hetero) is 1. The molecule has 1 fully saturated rings. The van der Waals surface area contributed by atoms with Crippen molar-refractivity contribution in [1.29, 1.82) is 0 Å². The van der Waals surface area contributed by atoms with Crippen LogP contribution >= 0.6 is 0 Å². The van der Waals surface area contributed by atoms with E-state index < -0.39 is 0 Å². The zero-order valence-electron chi connectivity index (χ0n) is 17.1. The first-order chi connectivity index (χ1) is 15.1. The maximum atomic E-state index is 13.4. The van der Waals surface area contributed by atoms with Gasteiger partial charge in [0.15, 0.2) is 17.3 Å². The van der Waals surface area contributed by atoms with Crippen molar-refractivity contribution in [3.8, 4) is 0 Å². The van der Waals surface area contributed by atoms with E-state index in [2.05, 4.69) is 30.7 Å². The molecule has 0 aliphatic carbocycles. The van der Waals surface area contributed by atoms with Crippen molar-refractivity contribution in [2.75, 3.05) is 41.8 Å². The highest BCUT2D eigenvalue weighted by Gasteiger charge is 2.14. The average Bonchev–Trinajstić information content (AvgIpc) is 2.78. The Bertz CT molecular complexity index is 1070. The molecular weight excluding hydrogens is 399 g/mol. The number of morpholine rings is 1. The van der Waals surface area contributed by atoms with Crippen LogP contribution in [0.3, 0.4) is 0 Å². The van der Waals surface area contributed by atoms with Crippen LogP contribution < -0.4 is 15.5 Å². The number of hydrogen-bond donors (Lipinski definition) is 2. The molecule has 4 rings (SSSR count). The van der Waals surface area contributed by atoms with E-state index >= 15 is 0 Å². The van der Waals surface area contributed by atoms with Crippen molar-refractivity contribution in [2.45, 2.75) is 13.5 Å². The highest BCUT2D eigenvalue weighted by Crippen LogP contribution is 2.22. The number of carbonyl (C=O) groups excluding carboxylic acids is 1. The summed E-state index contributed by atoms with van der Waals surface area (Å²) in [5, 5.41) is 14.5. The number of benzene rings is 1. The molecule has 1 saturated heterocycles. The first kappa shape index (κ1) is 20.7. The van der Waals surface area contributed by atoms with Gasteiger partial charge in [0.2, 0.25) is 0 Å². The maximum absolute atomic E-state index is 13.4. The Morgan fingerprint density at radius 3 is 2.68 bits per heavy atom. The Morgan fingerprint density at radius 1 is 1.10 bits per heavy atom. The molecule has 9 heteroatoms. The monoisotopic (exact) mass is 422 g/mol. The van der Waals surface area contributed by atoms with Gasteiger partial charge in [-0.05, 0) is 29.8 Å². The van der Waals surface area contributed by atoms with E-state index in [1.54, 1.807) is 18.2 Å². The fourth-order valence-corrected chi connectivity index (χ4v) is 3.28. The second kappa shape index (κ2) is 9.48. The zero-order valence-corrected chi connectivity index (χ0v) is 17.1. The molecule has 31 heavy (non-hydrogen) atoms. The maximum Gasteiger partial charge on any atom is 0.182 e. The fourth-order valence-electron chi connectivity index (χ4n) is 3.28. The quantitative estimate of drug-likeness (QED) is 0.560. The third kappa shape index (κ3) is 5.32. The van der Waals surface area contributed by atoms with Gasteiger partial charge in [-0.3, -0.25) is 4.79 Å². The lowest BCUT2D eigenvalue weighted by Gasteiger charge is -2.28. The highest BCUT2D eigenvalue weighted by molar-refractivity contribution is 5.97. The summed E-state index contributed by atoms with van der Waals surface area (Å²) in [6, 6.07) is 13.7. The molecule has 3 heterocycles. The average molecular weight is 422 g/mol. The summed E-state index contributed by atoms with van der Waals surface area (Å²) in [5.74, 6) is 1.38. The van der Waals surface area contributed by atoms with E-state index in [-0.39, 0.29) is 17.3 Å². The number of nitrogens with one attached hydrogen (secondary N) is 2. The van der Waals surface area contributed by atoms with Crippen molar-refractivity contribution in [3.63, 3.8) is 0 Å². The van der Waals surface area contributed by atoms with Crippen LogP contribution in [0.2, 0.25) is 0 Å². The molecule has 0 radical (unpaired) electrons. The lowest BCUT2D eigenvalue weighted by molar-refractivity contribution is 0.101. The van der Waals surface area contributed by atoms with E-state index in [4.69, 9.17) is 4.74 Å². The number of hydrogen-bond acceptors (Lipinski definition) is 8. The minimum Gasteiger partial charge on any atom is -0.379 e. The van der Waals surface area contributed by atoms with E-state index in [1.807, 2.05) is 18.2 Å². The van der Waals surface area contributed by atoms with Gasteiger partial charge in [0.25, 0.3) is 0 Å². The van der Waals surface area contributed by atoms with Crippen LogP contribution in [0.25, 0.3) is 0 Å². The molecule has 3 aromatic rings. The zero-order chi connectivity index (χ0) is 21.6. The minimum absolute atomic E-state index is 0.215. The molecule has 2 N–H and O–H groups in total. The van der Waals surface area contributed by atoms with Gasteiger partial charge in [-0.2, -0.15) is 0 Å². The molecule has 8 nitrogen and oxygen atoms in total. The van der Waals surface area contributed by atoms with E-state index in [1.165, 1.54) is 19.1 Å². The SMILES string of the molecule is CC(=O)c1nnc(Nc2cccc(N3CCOCC3)n2)cc1NCc1cccc(F)c1. The molecule has 0 unspecified atom stereocenters. The van der Waals surface area contributed by atoms with Crippen LogP contribution in [0.15, 0.2) is 48.5 Å². The van der Waals surface area contributed by atoms with Crippen LogP contribution in [0.4, 0.5) is 27.5 Å². The lowest BCUT2D eigenvalue weighted by atomic mass is 10.2. The van der Waals surface area contributed by atoms with Crippen molar-refractivity contribution < 1.29 is 13.9 Å². The third-order valence-electron chi connectivity index (χ3n) is 4.82. The smallest absolute Gasteiger partial charge is 0.182 e. The van der Waals surface area contributed by atoms with Gasteiger partial charge in [0.05, 0.1) is 18.9 Å². The van der Waals surface area contributed by atoms with Crippen LogP contribution in [-0.4, -0.2) is 47.3 Å². The van der Waals surface area contributed by atoms with Crippen LogP contribution in [0.5, 0.6) is 0 Å². The number of pyridine rings is 1. The number of halogens is 1. The van der Waals surface area contributed by atoms with Gasteiger partial charge in [-0.1, -0.05) is 18.2 Å². The predicted octanol–water partition coefficient (Wildman–Crippen LogP) is 3.41. The number of nitrogens with zero attached hydrogens (tertiary/aromatic N) is 4. The Morgan fingerprint density at radius 2 is 1.90 bits per heavy atom. The summed E-state index contributed by atoms with van der Waals surface area (Å²) in [6.45, 7) is 4.70. The van der Waals surface area contributed by atoms with E-state index in [0.717, 1.165) is 24.5 Å². The molecule has 1 aliphatic rings. The molecule has 0 spiro atoms. The number of ketones is 1. The Balaban J connectivity index is 1.52. The highest BCUT2D eigenvalue weighted by atomic mass is 19.1. The van der Waals surface area contributed by atoms with Crippen LogP contribution in [-0.2, 0) is 11.3 Å². The van der Waals surface area contributed by atoms with Gasteiger partial charge in [-0.25, -0.2) is 9.37 Å². The van der Waals surface area contributed by atoms with E-state index in [0.29, 0.717) is 37.1 Å². The van der Waals surface area contributed by atoms with Gasteiger partial charge >= 0.3 is 0 Å². The van der Waals surface area contributed by atoms with Gasteiger partial charge in [0.1, 0.15) is 17.5 Å². The number of rotatable bonds is 7. The lowest BCUT2D eigenvalue weighted by Crippen LogP contribution is -2.36. The molecular formula is C22H23FN6O2. The van der Waals surface area contributed by atoms with Crippen LogP contribution in [0, 0.1) is 5.82 Å². The first-order valence-corrected chi connectivity index (χ1v) is 10.0. The fraction of sp³-hybridized carbons (Fsp3) is 0.273. The second-order valence-corrected chi connectivity index (χ2v) is 7.14. The summed E-state index contributed by atoms with van der Waals surface area (Å²) >= 11 is 0. The van der Waals surface area contributed by atoms with Crippen molar-refractivity contribution in [1.82, 2.24) is 15.2 Å². The van der Waals surface area contributed by atoms with Gasteiger partial charge in [0, 0.05) is 32.6 Å². The molecule has 1 aliphatic heterocycles. The molecule has 2 aromatic heterocycles. The Kier molecular flexibility index (Phi) is 6.32. The normalized spacial score (nSPS) is 13.7. The number of ether oxygens (including phenoxy) is 1. The van der Waals surface area contributed by atoms with Crippen molar-refractivity contribution >= 4 is 28.9 Å². The summed E-state index contributed by atoms with van der Waals surface area (Å²) in [5.41, 5.74) is 1.48. The standard InChI is InChI=1S/C22H23FN6O2/c1-15(30)22-18(24-14-16-4-2-5-17(23)12-16)13-20(27-28-22)25-19-6-3-7-21(26-19)29-8-10-31-11-9-29/h2-7,12-13H,8-11,14H2,1H3,(H2,24,25,26,27). The van der Waals surface area contributed by atoms with Gasteiger partial charge < -0.3 is 20.3 Å². The topological polar surface area (TPSA) is 92.3 Å². The number of carbonyl (C=O) groups is 1. The molecule has 1 aromatic carbocycles. The first-order valence-electron chi connectivity index (χ1n) is 10.0. The predicted molar refractivity (Wildman–Crippen MR) is 116 cm³/mol. The summed E-state index contributed by atoms with van der Waals surface area (Å²) < 4.78 is 18.8. The van der Waals surface area contributed by atoms with Crippen LogP contribution in [0.1, 0.15) is 23.0 Å². The minimum atomic E-state index is -0.312. The van der Waals surface area contributed by atoms with E-state index in [9.17, 15) is 9.18 Å². The number of aromatic nitrogens is 3. The summed E-state index contributed by atoms with van der Waals surface area (Å²) in [6.07, 6.45) is 0. The number of anilines is 4. The summed E-state index contributed by atoms with van der Waals surface area (Å²) in [7, 11) is 0. The Labute approximate surface area is 179 Å². The van der Waals surface area contributed by atoms with Crippen molar-refractivity contribution in [3.05, 3.63) is 65.6 Å². The largest absolute Gasteiger partial charge is 0.379 e.